The Morgan fingerprint density at radius 1 is 1.28 bits per heavy atom. The topological polar surface area (TPSA) is 107 Å². The van der Waals surface area contributed by atoms with E-state index in [1.165, 1.54) is 6.07 Å². The summed E-state index contributed by atoms with van der Waals surface area (Å²) in [7, 11) is 0. The number of hydrogen-bond donors (Lipinski definition) is 1. The first-order valence-electron chi connectivity index (χ1n) is 9.13. The molecule has 0 radical (unpaired) electrons. The molecule has 0 aliphatic heterocycles. The van der Waals surface area contributed by atoms with Crippen LogP contribution in [0.2, 0.25) is 0 Å². The molecule has 0 saturated heterocycles. The van der Waals surface area contributed by atoms with Crippen LogP contribution in [0.25, 0.3) is 10.9 Å². The SMILES string of the molecule is Cc1cccc([N+](=O)[O-])c1NC(=O)CSc1nc2ccccc2c(=O)n1C1CC1. The molecule has 0 unspecified atom stereocenters. The maximum absolute atomic E-state index is 12.9. The Morgan fingerprint density at radius 3 is 2.76 bits per heavy atom. The lowest BCUT2D eigenvalue weighted by molar-refractivity contribution is -0.384. The summed E-state index contributed by atoms with van der Waals surface area (Å²) < 4.78 is 1.66. The molecule has 1 amide bonds. The molecule has 0 atom stereocenters. The normalized spacial score (nSPS) is 13.4. The average Bonchev–Trinajstić information content (AvgIpc) is 3.53. The molecule has 1 aliphatic carbocycles. The van der Waals surface area contributed by atoms with Gasteiger partial charge in [-0.3, -0.25) is 24.3 Å². The molecule has 0 spiro atoms. The minimum Gasteiger partial charge on any atom is -0.319 e. The number of nitrogens with zero attached hydrogens (tertiary/aromatic N) is 3. The summed E-state index contributed by atoms with van der Waals surface area (Å²) in [6.45, 7) is 1.70. The van der Waals surface area contributed by atoms with Gasteiger partial charge in [0.1, 0.15) is 5.69 Å². The van der Waals surface area contributed by atoms with E-state index in [1.807, 2.05) is 6.07 Å². The van der Waals surface area contributed by atoms with Crippen LogP contribution in [-0.2, 0) is 4.79 Å². The fourth-order valence-corrected chi connectivity index (χ4v) is 4.02. The zero-order valence-corrected chi connectivity index (χ0v) is 16.4. The largest absolute Gasteiger partial charge is 0.319 e. The maximum atomic E-state index is 12.9. The number of para-hydroxylation sites is 2. The van der Waals surface area contributed by atoms with Gasteiger partial charge >= 0.3 is 0 Å². The molecule has 8 nitrogen and oxygen atoms in total. The molecule has 1 aliphatic rings. The van der Waals surface area contributed by atoms with Crippen molar-refractivity contribution in [3.63, 3.8) is 0 Å². The number of nitro benzene ring substituents is 1. The Morgan fingerprint density at radius 2 is 2.03 bits per heavy atom. The van der Waals surface area contributed by atoms with Crippen LogP contribution in [0.5, 0.6) is 0 Å². The van der Waals surface area contributed by atoms with Crippen molar-refractivity contribution in [2.75, 3.05) is 11.1 Å². The van der Waals surface area contributed by atoms with Crippen LogP contribution >= 0.6 is 11.8 Å². The van der Waals surface area contributed by atoms with E-state index in [9.17, 15) is 19.7 Å². The van der Waals surface area contributed by atoms with E-state index in [0.717, 1.165) is 24.6 Å². The third-order valence-electron chi connectivity index (χ3n) is 4.73. The van der Waals surface area contributed by atoms with Crippen LogP contribution in [0.3, 0.4) is 0 Å². The highest BCUT2D eigenvalue weighted by molar-refractivity contribution is 7.99. The van der Waals surface area contributed by atoms with Gasteiger partial charge in [-0.05, 0) is 37.5 Å². The van der Waals surface area contributed by atoms with E-state index in [-0.39, 0.29) is 28.7 Å². The summed E-state index contributed by atoms with van der Waals surface area (Å²) in [6, 6.07) is 11.9. The first-order valence-corrected chi connectivity index (χ1v) is 10.1. The molecule has 1 N–H and O–H groups in total. The minimum absolute atomic E-state index is 0.0109. The number of amides is 1. The third kappa shape index (κ3) is 3.86. The molecule has 3 aromatic rings. The van der Waals surface area contributed by atoms with Gasteiger partial charge in [0.05, 0.1) is 21.6 Å². The number of anilines is 1. The maximum Gasteiger partial charge on any atom is 0.293 e. The zero-order chi connectivity index (χ0) is 20.5. The van der Waals surface area contributed by atoms with E-state index in [2.05, 4.69) is 10.3 Å². The Balaban J connectivity index is 1.58. The number of rotatable bonds is 6. The van der Waals surface area contributed by atoms with Crippen LogP contribution in [0, 0.1) is 17.0 Å². The van der Waals surface area contributed by atoms with Gasteiger partial charge in [-0.1, -0.05) is 36.0 Å². The number of thioether (sulfide) groups is 1. The number of benzene rings is 2. The van der Waals surface area contributed by atoms with E-state index in [1.54, 1.807) is 41.8 Å². The molecule has 148 valence electrons. The second-order valence-corrected chi connectivity index (χ2v) is 7.82. The minimum atomic E-state index is -0.522. The van der Waals surface area contributed by atoms with Crippen molar-refractivity contribution in [1.29, 1.82) is 0 Å². The Kier molecular flexibility index (Phi) is 5.06. The van der Waals surface area contributed by atoms with Gasteiger partial charge in [0.25, 0.3) is 11.2 Å². The highest BCUT2D eigenvalue weighted by atomic mass is 32.2. The fourth-order valence-electron chi connectivity index (χ4n) is 3.15. The van der Waals surface area contributed by atoms with Gasteiger partial charge in [-0.15, -0.1) is 0 Å². The van der Waals surface area contributed by atoms with Crippen LogP contribution in [0.15, 0.2) is 52.4 Å². The molecule has 29 heavy (non-hydrogen) atoms. The van der Waals surface area contributed by atoms with Crippen molar-refractivity contribution in [1.82, 2.24) is 9.55 Å². The standard InChI is InChI=1S/C20H18N4O4S/c1-12-5-4-8-16(24(27)28)18(12)22-17(25)11-29-20-21-15-7-3-2-6-14(15)19(26)23(20)13-9-10-13/h2-8,13H,9-11H2,1H3,(H,22,25). The Bertz CT molecular complexity index is 1190. The van der Waals surface area contributed by atoms with Crippen LogP contribution in [0.4, 0.5) is 11.4 Å². The summed E-state index contributed by atoms with van der Waals surface area (Å²) in [4.78, 5) is 40.6. The Labute approximate surface area is 170 Å². The number of aryl methyl sites for hydroxylation is 1. The summed E-state index contributed by atoms with van der Waals surface area (Å²) in [5.41, 5.74) is 1.13. The van der Waals surface area contributed by atoms with Crippen molar-refractivity contribution in [3.05, 3.63) is 68.5 Å². The molecular weight excluding hydrogens is 392 g/mol. The van der Waals surface area contributed by atoms with Crippen LogP contribution in [-0.4, -0.2) is 26.1 Å². The van der Waals surface area contributed by atoms with Crippen molar-refractivity contribution in [3.8, 4) is 0 Å². The molecule has 1 saturated carbocycles. The molecular formula is C20H18N4O4S. The molecule has 4 rings (SSSR count). The molecule has 2 aromatic carbocycles. The quantitative estimate of drug-likeness (QED) is 0.287. The smallest absolute Gasteiger partial charge is 0.293 e. The summed E-state index contributed by atoms with van der Waals surface area (Å²) in [5.74, 6) is -0.402. The number of aromatic nitrogens is 2. The number of carbonyl (C=O) groups excluding carboxylic acids is 1. The van der Waals surface area contributed by atoms with Crippen LogP contribution in [0.1, 0.15) is 24.4 Å². The summed E-state index contributed by atoms with van der Waals surface area (Å²) in [6.07, 6.45) is 1.82. The molecule has 1 aromatic heterocycles. The monoisotopic (exact) mass is 410 g/mol. The lowest BCUT2D eigenvalue weighted by Gasteiger charge is -2.13. The number of fused-ring (bicyclic) bond motifs is 1. The average molecular weight is 410 g/mol. The lowest BCUT2D eigenvalue weighted by Crippen LogP contribution is -2.23. The van der Waals surface area contributed by atoms with Gasteiger partial charge < -0.3 is 5.32 Å². The predicted octanol–water partition coefficient (Wildman–Crippen LogP) is 3.68. The first kappa shape index (κ1) is 19.1. The Hall–Kier alpha value is -3.20. The fraction of sp³-hybridized carbons (Fsp3) is 0.250. The number of nitrogens with one attached hydrogen (secondary N) is 1. The van der Waals surface area contributed by atoms with Gasteiger partial charge in [-0.25, -0.2) is 4.98 Å². The third-order valence-corrected chi connectivity index (χ3v) is 5.68. The van der Waals surface area contributed by atoms with E-state index >= 15 is 0 Å². The molecule has 1 heterocycles. The van der Waals surface area contributed by atoms with Gasteiger partial charge in [0.2, 0.25) is 5.91 Å². The predicted molar refractivity (Wildman–Crippen MR) is 111 cm³/mol. The number of nitro groups is 1. The number of carbonyl (C=O) groups is 1. The molecule has 0 bridgehead atoms. The lowest BCUT2D eigenvalue weighted by atomic mass is 10.1. The second kappa shape index (κ2) is 7.67. The number of hydrogen-bond acceptors (Lipinski definition) is 6. The highest BCUT2D eigenvalue weighted by Gasteiger charge is 2.29. The van der Waals surface area contributed by atoms with Crippen molar-refractivity contribution >= 4 is 39.9 Å². The van der Waals surface area contributed by atoms with Crippen molar-refractivity contribution < 1.29 is 9.72 Å². The van der Waals surface area contributed by atoms with Crippen LogP contribution < -0.4 is 10.9 Å². The van der Waals surface area contributed by atoms with E-state index in [4.69, 9.17) is 0 Å². The molecule has 9 heteroatoms. The van der Waals surface area contributed by atoms with Gasteiger partial charge in [0, 0.05) is 12.1 Å². The second-order valence-electron chi connectivity index (χ2n) is 6.88. The summed E-state index contributed by atoms with van der Waals surface area (Å²) >= 11 is 1.16. The highest BCUT2D eigenvalue weighted by Crippen LogP contribution is 2.37. The van der Waals surface area contributed by atoms with E-state index < -0.39 is 10.8 Å². The first-order chi connectivity index (χ1) is 14.0. The van der Waals surface area contributed by atoms with E-state index in [0.29, 0.717) is 21.6 Å². The summed E-state index contributed by atoms with van der Waals surface area (Å²) in [5, 5.41) is 14.9. The zero-order valence-electron chi connectivity index (χ0n) is 15.6. The van der Waals surface area contributed by atoms with Crippen molar-refractivity contribution in [2.45, 2.75) is 31.0 Å². The van der Waals surface area contributed by atoms with Gasteiger partial charge in [0.15, 0.2) is 5.16 Å². The molecule has 1 fully saturated rings. The van der Waals surface area contributed by atoms with Crippen molar-refractivity contribution in [2.24, 2.45) is 0 Å². The van der Waals surface area contributed by atoms with Gasteiger partial charge in [-0.2, -0.15) is 0 Å².